The van der Waals surface area contributed by atoms with Gasteiger partial charge < -0.3 is 16.0 Å². The highest BCUT2D eigenvalue weighted by Gasteiger charge is 2.09. The minimum absolute atomic E-state index is 0.156. The van der Waals surface area contributed by atoms with Crippen LogP contribution in [0.5, 0.6) is 0 Å². The van der Waals surface area contributed by atoms with Crippen LogP contribution >= 0.6 is 0 Å². The molecule has 22 heavy (non-hydrogen) atoms. The van der Waals surface area contributed by atoms with Crippen LogP contribution in [0.2, 0.25) is 0 Å². The zero-order valence-electron chi connectivity index (χ0n) is 11.4. The number of para-hydroxylation sites is 1. The van der Waals surface area contributed by atoms with E-state index in [1.54, 1.807) is 30.3 Å². The Morgan fingerprint density at radius 3 is 2.36 bits per heavy atom. The molecule has 0 fully saturated rings. The molecule has 0 aliphatic carbocycles. The van der Waals surface area contributed by atoms with Crippen molar-refractivity contribution in [2.75, 3.05) is 17.2 Å². The van der Waals surface area contributed by atoms with E-state index in [-0.39, 0.29) is 12.2 Å². The Balaban J connectivity index is 1.81. The Bertz CT molecular complexity index is 678. The first-order valence-corrected chi connectivity index (χ1v) is 6.39. The van der Waals surface area contributed by atoms with Crippen LogP contribution in [-0.4, -0.2) is 18.5 Å². The van der Waals surface area contributed by atoms with E-state index in [0.717, 1.165) is 12.1 Å². The van der Waals surface area contributed by atoms with Crippen molar-refractivity contribution in [3.8, 4) is 0 Å². The molecular weight excluding hydrogens is 292 g/mol. The molecule has 0 saturated heterocycles. The lowest BCUT2D eigenvalue weighted by Gasteiger charge is -2.09. The second-order valence-electron chi connectivity index (χ2n) is 4.35. The minimum Gasteiger partial charge on any atom is -0.329 e. The smallest absolute Gasteiger partial charge is 0.319 e. The van der Waals surface area contributed by atoms with Gasteiger partial charge in [-0.15, -0.1) is 0 Å². The van der Waals surface area contributed by atoms with Gasteiger partial charge in [-0.2, -0.15) is 0 Å². The van der Waals surface area contributed by atoms with Gasteiger partial charge in [-0.1, -0.05) is 18.2 Å². The van der Waals surface area contributed by atoms with Crippen LogP contribution in [0.4, 0.5) is 25.0 Å². The molecule has 3 N–H and O–H groups in total. The predicted octanol–water partition coefficient (Wildman–Crippen LogP) is 2.73. The van der Waals surface area contributed by atoms with Gasteiger partial charge in [0.2, 0.25) is 5.91 Å². The summed E-state index contributed by atoms with van der Waals surface area (Å²) in [6.07, 6.45) is 0. The lowest BCUT2D eigenvalue weighted by Crippen LogP contribution is -2.35. The number of benzene rings is 2. The van der Waals surface area contributed by atoms with Crippen LogP contribution < -0.4 is 16.0 Å². The predicted molar refractivity (Wildman–Crippen MR) is 78.5 cm³/mol. The molecule has 0 radical (unpaired) electrons. The molecule has 2 aromatic carbocycles. The largest absolute Gasteiger partial charge is 0.329 e. The molecule has 0 atom stereocenters. The van der Waals surface area contributed by atoms with Crippen molar-refractivity contribution in [1.29, 1.82) is 0 Å². The molecule has 7 heteroatoms. The molecule has 0 unspecified atom stereocenters. The third-order valence-corrected chi connectivity index (χ3v) is 2.65. The molecular formula is C15H13F2N3O2. The third-order valence-electron chi connectivity index (χ3n) is 2.65. The van der Waals surface area contributed by atoms with Gasteiger partial charge >= 0.3 is 6.03 Å². The van der Waals surface area contributed by atoms with Gasteiger partial charge in [-0.05, 0) is 24.3 Å². The summed E-state index contributed by atoms with van der Waals surface area (Å²) in [6, 6.07) is 10.9. The van der Waals surface area contributed by atoms with Crippen LogP contribution in [-0.2, 0) is 4.79 Å². The van der Waals surface area contributed by atoms with Gasteiger partial charge in [0.15, 0.2) is 0 Å². The third kappa shape index (κ3) is 4.55. The molecule has 0 spiro atoms. The molecule has 5 nitrogen and oxygen atoms in total. The number of rotatable bonds is 4. The second-order valence-corrected chi connectivity index (χ2v) is 4.35. The highest BCUT2D eigenvalue weighted by molar-refractivity contribution is 5.96. The zero-order chi connectivity index (χ0) is 15.9. The van der Waals surface area contributed by atoms with E-state index in [9.17, 15) is 18.4 Å². The van der Waals surface area contributed by atoms with Gasteiger partial charge in [0, 0.05) is 11.8 Å². The van der Waals surface area contributed by atoms with Gasteiger partial charge in [-0.25, -0.2) is 13.6 Å². The molecule has 0 aliphatic rings. The van der Waals surface area contributed by atoms with Gasteiger partial charge in [0.05, 0.1) is 12.2 Å². The first-order valence-electron chi connectivity index (χ1n) is 6.39. The van der Waals surface area contributed by atoms with E-state index in [1.807, 2.05) is 0 Å². The molecule has 2 rings (SSSR count). The van der Waals surface area contributed by atoms with Crippen LogP contribution in [0, 0.1) is 11.6 Å². The fraction of sp³-hybridized carbons (Fsp3) is 0.0667. The summed E-state index contributed by atoms with van der Waals surface area (Å²) in [5.74, 6) is -2.26. The van der Waals surface area contributed by atoms with Crippen molar-refractivity contribution in [1.82, 2.24) is 5.32 Å². The fourth-order valence-electron chi connectivity index (χ4n) is 1.64. The maximum atomic E-state index is 13.3. The topological polar surface area (TPSA) is 70.2 Å². The van der Waals surface area contributed by atoms with Crippen molar-refractivity contribution < 1.29 is 18.4 Å². The van der Waals surface area contributed by atoms with E-state index in [0.29, 0.717) is 11.8 Å². The monoisotopic (exact) mass is 305 g/mol. The van der Waals surface area contributed by atoms with Crippen LogP contribution in [0.3, 0.4) is 0 Å². The molecule has 0 aliphatic heterocycles. The number of anilines is 2. The molecule has 0 saturated carbocycles. The lowest BCUT2D eigenvalue weighted by atomic mass is 10.3. The minimum atomic E-state index is -0.887. The Hall–Kier alpha value is -2.96. The summed E-state index contributed by atoms with van der Waals surface area (Å²) < 4.78 is 26.1. The fourth-order valence-corrected chi connectivity index (χ4v) is 1.64. The lowest BCUT2D eigenvalue weighted by molar-refractivity contribution is -0.115. The Morgan fingerprint density at radius 2 is 1.68 bits per heavy atom. The molecule has 2 aromatic rings. The first kappa shape index (κ1) is 15.4. The highest BCUT2D eigenvalue weighted by atomic mass is 19.1. The molecule has 114 valence electrons. The second kappa shape index (κ2) is 7.16. The maximum absolute atomic E-state index is 13.3. The standard InChI is InChI=1S/C15H13F2N3O2/c16-10-6-7-13(12(17)8-10)20-14(21)9-18-15(22)19-11-4-2-1-3-5-11/h1-8H,9H2,(H,20,21)(H2,18,19,22). The number of hydrogen-bond donors (Lipinski definition) is 3. The molecule has 0 bridgehead atoms. The highest BCUT2D eigenvalue weighted by Crippen LogP contribution is 2.14. The van der Waals surface area contributed by atoms with Crippen LogP contribution in [0.25, 0.3) is 0 Å². The molecule has 0 heterocycles. The molecule has 0 aromatic heterocycles. The van der Waals surface area contributed by atoms with Crippen molar-refractivity contribution in [3.05, 3.63) is 60.2 Å². The van der Waals surface area contributed by atoms with Crippen molar-refractivity contribution in [2.24, 2.45) is 0 Å². The number of nitrogens with one attached hydrogen (secondary N) is 3. The summed E-state index contributed by atoms with van der Waals surface area (Å²) in [5, 5.41) is 7.08. The summed E-state index contributed by atoms with van der Waals surface area (Å²) in [5.41, 5.74) is 0.418. The van der Waals surface area contributed by atoms with E-state index < -0.39 is 23.6 Å². The normalized spacial score (nSPS) is 9.91. The quantitative estimate of drug-likeness (QED) is 0.813. The zero-order valence-corrected chi connectivity index (χ0v) is 11.4. The number of carbonyl (C=O) groups excluding carboxylic acids is 2. The van der Waals surface area contributed by atoms with Gasteiger partial charge in [0.1, 0.15) is 11.6 Å². The number of urea groups is 1. The van der Waals surface area contributed by atoms with Crippen LogP contribution in [0.15, 0.2) is 48.5 Å². The number of carbonyl (C=O) groups is 2. The Labute approximate surface area is 125 Å². The van der Waals surface area contributed by atoms with Gasteiger partial charge in [0.25, 0.3) is 0 Å². The van der Waals surface area contributed by atoms with Crippen LogP contribution in [0.1, 0.15) is 0 Å². The Morgan fingerprint density at radius 1 is 0.955 bits per heavy atom. The first-order chi connectivity index (χ1) is 10.5. The Kier molecular flexibility index (Phi) is 5.02. The van der Waals surface area contributed by atoms with Crippen molar-refractivity contribution in [2.45, 2.75) is 0 Å². The summed E-state index contributed by atoms with van der Waals surface area (Å²) in [7, 11) is 0. The van der Waals surface area contributed by atoms with E-state index in [4.69, 9.17) is 0 Å². The number of halogens is 2. The summed E-state index contributed by atoms with van der Waals surface area (Å²) in [6.45, 7) is -0.352. The van der Waals surface area contributed by atoms with E-state index >= 15 is 0 Å². The average Bonchev–Trinajstić information content (AvgIpc) is 2.49. The van der Waals surface area contributed by atoms with Crippen molar-refractivity contribution >= 4 is 23.3 Å². The summed E-state index contributed by atoms with van der Waals surface area (Å²) >= 11 is 0. The van der Waals surface area contributed by atoms with E-state index in [1.165, 1.54) is 0 Å². The van der Waals surface area contributed by atoms with Gasteiger partial charge in [-0.3, -0.25) is 4.79 Å². The number of hydrogen-bond acceptors (Lipinski definition) is 2. The van der Waals surface area contributed by atoms with E-state index in [2.05, 4.69) is 16.0 Å². The number of amides is 3. The maximum Gasteiger partial charge on any atom is 0.319 e. The average molecular weight is 305 g/mol. The SMILES string of the molecule is O=C(CNC(=O)Nc1ccccc1)Nc1ccc(F)cc1F. The van der Waals surface area contributed by atoms with Crippen molar-refractivity contribution in [3.63, 3.8) is 0 Å². The summed E-state index contributed by atoms with van der Waals surface area (Å²) in [4.78, 5) is 23.1. The molecule has 3 amide bonds.